The van der Waals surface area contributed by atoms with Crippen LogP contribution in [0.3, 0.4) is 0 Å². The first-order valence-corrected chi connectivity index (χ1v) is 5.87. The van der Waals surface area contributed by atoms with E-state index in [2.05, 4.69) is 5.32 Å². The number of halogens is 1. The molecule has 2 aliphatic heterocycles. The topological polar surface area (TPSA) is 89.3 Å². The molecule has 1 spiro atoms. The van der Waals surface area contributed by atoms with Crippen molar-refractivity contribution in [3.05, 3.63) is 0 Å². The van der Waals surface area contributed by atoms with Crippen molar-refractivity contribution in [1.29, 1.82) is 0 Å². The van der Waals surface area contributed by atoms with Crippen molar-refractivity contribution in [3.8, 4) is 0 Å². The monoisotopic (exact) mass is 240 g/mol. The smallest absolute Gasteiger partial charge is 0.222 e. The van der Waals surface area contributed by atoms with Crippen molar-refractivity contribution in [2.75, 3.05) is 18.8 Å². The van der Waals surface area contributed by atoms with E-state index in [0.717, 1.165) is 0 Å². The maximum Gasteiger partial charge on any atom is 0.222 e. The summed E-state index contributed by atoms with van der Waals surface area (Å²) in [6.07, 6.45) is 0.388. The largest absolute Gasteiger partial charge is 0.369 e. The van der Waals surface area contributed by atoms with Crippen molar-refractivity contribution in [1.82, 2.24) is 5.32 Å². The molecule has 0 saturated carbocycles. The number of carbonyl (C=O) groups is 1. The van der Waals surface area contributed by atoms with Gasteiger partial charge in [0, 0.05) is 13.1 Å². The van der Waals surface area contributed by atoms with Crippen LogP contribution in [-0.4, -0.2) is 37.9 Å². The predicted molar refractivity (Wildman–Crippen MR) is 53.9 cm³/mol. The van der Waals surface area contributed by atoms with E-state index in [9.17, 15) is 13.2 Å². The summed E-state index contributed by atoms with van der Waals surface area (Å²) in [7, 11) is -3.11. The standard InChI is InChI=1S/C7H12N2O3S.ClH/c8-6(10)5-1-2-13(11,12)7(5)3-9-4-7;/h5,9H,1-4H2,(H2,8,10);1H. The van der Waals surface area contributed by atoms with E-state index in [-0.39, 0.29) is 18.2 Å². The lowest BCUT2D eigenvalue weighted by Gasteiger charge is -2.41. The number of sulfone groups is 1. The Labute approximate surface area is 88.7 Å². The second-order valence-corrected chi connectivity index (χ2v) is 6.18. The molecule has 5 nitrogen and oxygen atoms in total. The molecule has 0 aromatic rings. The second kappa shape index (κ2) is 3.36. The van der Waals surface area contributed by atoms with Crippen molar-refractivity contribution >= 4 is 28.2 Å². The highest BCUT2D eigenvalue weighted by atomic mass is 35.5. The Bertz CT molecular complexity index is 350. The fraction of sp³-hybridized carbons (Fsp3) is 0.857. The lowest BCUT2D eigenvalue weighted by Crippen LogP contribution is -2.67. The van der Waals surface area contributed by atoms with Gasteiger partial charge in [-0.1, -0.05) is 0 Å². The highest BCUT2D eigenvalue weighted by molar-refractivity contribution is 7.93. The number of hydrogen-bond acceptors (Lipinski definition) is 4. The minimum atomic E-state index is -3.11. The summed E-state index contributed by atoms with van der Waals surface area (Å²) in [6.45, 7) is 0.756. The Morgan fingerprint density at radius 2 is 2.00 bits per heavy atom. The number of amides is 1. The molecule has 1 atom stereocenters. The van der Waals surface area contributed by atoms with Gasteiger partial charge < -0.3 is 11.1 Å². The van der Waals surface area contributed by atoms with E-state index in [0.29, 0.717) is 19.5 Å². The molecule has 2 heterocycles. The van der Waals surface area contributed by atoms with Crippen molar-refractivity contribution in [2.24, 2.45) is 11.7 Å². The second-order valence-electron chi connectivity index (χ2n) is 3.73. The van der Waals surface area contributed by atoms with E-state index in [1.165, 1.54) is 0 Å². The number of primary amides is 1. The van der Waals surface area contributed by atoms with Crippen molar-refractivity contribution < 1.29 is 13.2 Å². The summed E-state index contributed by atoms with van der Waals surface area (Å²) in [5.74, 6) is -0.872. The molecule has 2 aliphatic rings. The van der Waals surface area contributed by atoms with Crippen LogP contribution in [0.1, 0.15) is 6.42 Å². The van der Waals surface area contributed by atoms with Gasteiger partial charge >= 0.3 is 0 Å². The van der Waals surface area contributed by atoms with Crippen molar-refractivity contribution in [2.45, 2.75) is 11.2 Å². The molecule has 0 aromatic carbocycles. The van der Waals surface area contributed by atoms with Gasteiger partial charge in [-0.2, -0.15) is 0 Å². The van der Waals surface area contributed by atoms with E-state index in [4.69, 9.17) is 5.73 Å². The zero-order valence-electron chi connectivity index (χ0n) is 7.52. The molecule has 1 amide bonds. The first-order valence-electron chi connectivity index (χ1n) is 4.22. The van der Waals surface area contributed by atoms with E-state index in [1.807, 2.05) is 0 Å². The maximum absolute atomic E-state index is 11.6. The fourth-order valence-electron chi connectivity index (χ4n) is 2.20. The van der Waals surface area contributed by atoms with E-state index < -0.39 is 26.4 Å². The number of carbonyl (C=O) groups excluding carboxylic acids is 1. The van der Waals surface area contributed by atoms with Crippen LogP contribution in [-0.2, 0) is 14.6 Å². The zero-order chi connectivity index (χ0) is 9.69. The molecular weight excluding hydrogens is 228 g/mol. The third kappa shape index (κ3) is 1.24. The highest BCUT2D eigenvalue weighted by Gasteiger charge is 2.60. The summed E-state index contributed by atoms with van der Waals surface area (Å²) in [4.78, 5) is 11.0. The van der Waals surface area contributed by atoms with Gasteiger partial charge in [0.1, 0.15) is 4.75 Å². The molecule has 2 rings (SSSR count). The van der Waals surface area contributed by atoms with Gasteiger partial charge in [0.05, 0.1) is 11.7 Å². The van der Waals surface area contributed by atoms with Crippen LogP contribution in [0.2, 0.25) is 0 Å². The summed E-state index contributed by atoms with van der Waals surface area (Å²) in [6, 6.07) is 0. The van der Waals surface area contributed by atoms with Gasteiger partial charge in [0.25, 0.3) is 0 Å². The minimum absolute atomic E-state index is 0. The highest BCUT2D eigenvalue weighted by Crippen LogP contribution is 2.40. The lowest BCUT2D eigenvalue weighted by atomic mass is 9.84. The third-order valence-corrected chi connectivity index (χ3v) is 5.71. The molecular formula is C7H13ClN2O3S. The summed E-state index contributed by atoms with van der Waals surface area (Å²) < 4.78 is 22.4. The Hall–Kier alpha value is -0.330. The van der Waals surface area contributed by atoms with Gasteiger partial charge in [-0.25, -0.2) is 8.42 Å². The van der Waals surface area contributed by atoms with Crippen LogP contribution in [0.25, 0.3) is 0 Å². The van der Waals surface area contributed by atoms with Crippen molar-refractivity contribution in [3.63, 3.8) is 0 Å². The average Bonchev–Trinajstić information content (AvgIpc) is 2.19. The molecule has 82 valence electrons. The van der Waals surface area contributed by atoms with Crippen LogP contribution in [0.15, 0.2) is 0 Å². The molecule has 14 heavy (non-hydrogen) atoms. The number of nitrogens with two attached hydrogens (primary N) is 1. The van der Waals surface area contributed by atoms with E-state index >= 15 is 0 Å². The Morgan fingerprint density at radius 1 is 1.43 bits per heavy atom. The molecule has 3 N–H and O–H groups in total. The maximum atomic E-state index is 11.6. The number of hydrogen-bond donors (Lipinski definition) is 2. The van der Waals surface area contributed by atoms with Gasteiger partial charge in [-0.3, -0.25) is 4.79 Å². The summed E-state index contributed by atoms with van der Waals surface area (Å²) in [5, 5.41) is 2.90. The molecule has 7 heteroatoms. The third-order valence-electron chi connectivity index (χ3n) is 3.12. The van der Waals surface area contributed by atoms with Crippen LogP contribution in [0, 0.1) is 5.92 Å². The van der Waals surface area contributed by atoms with Gasteiger partial charge in [0.2, 0.25) is 5.91 Å². The lowest BCUT2D eigenvalue weighted by molar-refractivity contribution is -0.123. The normalized spacial score (nSPS) is 31.9. The Balaban J connectivity index is 0.000000980. The van der Waals surface area contributed by atoms with Gasteiger partial charge in [-0.05, 0) is 6.42 Å². The first kappa shape index (κ1) is 11.7. The van der Waals surface area contributed by atoms with Gasteiger partial charge in [0.15, 0.2) is 9.84 Å². The number of rotatable bonds is 1. The molecule has 2 fully saturated rings. The molecule has 2 saturated heterocycles. The molecule has 0 radical (unpaired) electrons. The molecule has 0 bridgehead atoms. The SMILES string of the molecule is Cl.NC(=O)C1CCS(=O)(=O)C12CNC2. The summed E-state index contributed by atoms with van der Waals surface area (Å²) >= 11 is 0. The van der Waals surface area contributed by atoms with Crippen LogP contribution in [0.5, 0.6) is 0 Å². The quantitative estimate of drug-likeness (QED) is 0.594. The molecule has 0 aliphatic carbocycles. The van der Waals surface area contributed by atoms with Crippen LogP contribution < -0.4 is 11.1 Å². The van der Waals surface area contributed by atoms with Crippen LogP contribution in [0.4, 0.5) is 0 Å². The van der Waals surface area contributed by atoms with E-state index in [1.54, 1.807) is 0 Å². The van der Waals surface area contributed by atoms with Crippen LogP contribution >= 0.6 is 12.4 Å². The first-order chi connectivity index (χ1) is 6.00. The zero-order valence-corrected chi connectivity index (χ0v) is 9.16. The number of nitrogens with one attached hydrogen (secondary N) is 1. The summed E-state index contributed by atoms with van der Waals surface area (Å²) in [5.41, 5.74) is 5.17. The fourth-order valence-corrected chi connectivity index (χ4v) is 4.46. The Morgan fingerprint density at radius 3 is 2.29 bits per heavy atom. The average molecular weight is 241 g/mol. The van der Waals surface area contributed by atoms with Gasteiger partial charge in [-0.15, -0.1) is 12.4 Å². The molecule has 0 aromatic heterocycles. The molecule has 1 unspecified atom stereocenters. The Kier molecular flexibility index (Phi) is 2.82. The predicted octanol–water partition coefficient (Wildman–Crippen LogP) is -1.33. The minimum Gasteiger partial charge on any atom is -0.369 e.